The van der Waals surface area contributed by atoms with Gasteiger partial charge in [0.05, 0.1) is 35.6 Å². The Morgan fingerprint density at radius 3 is 3.00 bits per heavy atom. The number of pyridine rings is 1. The third-order valence-corrected chi connectivity index (χ3v) is 3.11. The number of ether oxygens (including phenoxy) is 1. The van der Waals surface area contributed by atoms with Crippen molar-refractivity contribution in [3.8, 4) is 0 Å². The van der Waals surface area contributed by atoms with Crippen LogP contribution in [0.25, 0.3) is 0 Å². The molecule has 0 atom stereocenters. The molecule has 0 aliphatic heterocycles. The summed E-state index contributed by atoms with van der Waals surface area (Å²) in [4.78, 5) is 16.0. The minimum Gasteiger partial charge on any atom is -0.383 e. The Kier molecular flexibility index (Phi) is 4.39. The van der Waals surface area contributed by atoms with Gasteiger partial charge >= 0.3 is 0 Å². The number of aromatic nitrogens is 3. The molecule has 2 aromatic rings. The third kappa shape index (κ3) is 2.87. The Bertz CT molecular complexity index is 600. The van der Waals surface area contributed by atoms with Crippen LogP contribution in [-0.2, 0) is 11.3 Å². The van der Waals surface area contributed by atoms with Gasteiger partial charge in [0.1, 0.15) is 5.69 Å². The molecule has 0 saturated carbocycles. The fourth-order valence-electron chi connectivity index (χ4n) is 1.62. The van der Waals surface area contributed by atoms with Gasteiger partial charge in [0.15, 0.2) is 5.82 Å². The maximum Gasteiger partial charge on any atom is 0.215 e. The van der Waals surface area contributed by atoms with Gasteiger partial charge in [-0.3, -0.25) is 14.5 Å². The minimum absolute atomic E-state index is 0.0325. The van der Waals surface area contributed by atoms with Crippen molar-refractivity contribution in [1.29, 1.82) is 0 Å². The van der Waals surface area contributed by atoms with E-state index in [2.05, 4.69) is 26.0 Å². The number of nitrogens with zero attached hydrogens (tertiary/aromatic N) is 3. The monoisotopic (exact) mass is 327 g/mol. The van der Waals surface area contributed by atoms with E-state index in [0.29, 0.717) is 23.3 Å². The molecular formula is C12H11BrFN3O2. The van der Waals surface area contributed by atoms with Gasteiger partial charge in [-0.25, -0.2) is 4.39 Å². The summed E-state index contributed by atoms with van der Waals surface area (Å²) in [5, 5.41) is 4.06. The Balaban J connectivity index is 2.39. The molecule has 0 spiro atoms. The average Bonchev–Trinajstić information content (AvgIpc) is 2.77. The zero-order valence-corrected chi connectivity index (χ0v) is 11.7. The first kappa shape index (κ1) is 13.8. The molecule has 5 nitrogen and oxygen atoms in total. The molecule has 0 aliphatic rings. The summed E-state index contributed by atoms with van der Waals surface area (Å²) in [6.07, 6.45) is 3.89. The molecule has 0 unspecified atom stereocenters. The van der Waals surface area contributed by atoms with Gasteiger partial charge in [-0.15, -0.1) is 0 Å². The van der Waals surface area contributed by atoms with Crippen molar-refractivity contribution in [2.75, 3.05) is 13.7 Å². The summed E-state index contributed by atoms with van der Waals surface area (Å²) in [5.41, 5.74) is 0.261. The Morgan fingerprint density at radius 1 is 1.53 bits per heavy atom. The molecule has 0 saturated heterocycles. The molecule has 0 N–H and O–H groups in total. The van der Waals surface area contributed by atoms with E-state index >= 15 is 0 Å². The summed E-state index contributed by atoms with van der Waals surface area (Å²) in [7, 11) is 1.56. The number of hydrogen-bond acceptors (Lipinski definition) is 4. The van der Waals surface area contributed by atoms with E-state index in [-0.39, 0.29) is 5.56 Å². The highest BCUT2D eigenvalue weighted by atomic mass is 79.9. The molecule has 7 heteroatoms. The van der Waals surface area contributed by atoms with Crippen molar-refractivity contribution in [3.63, 3.8) is 0 Å². The molecule has 0 amide bonds. The van der Waals surface area contributed by atoms with E-state index < -0.39 is 11.6 Å². The van der Waals surface area contributed by atoms with Crippen molar-refractivity contribution < 1.29 is 13.9 Å². The van der Waals surface area contributed by atoms with Gasteiger partial charge < -0.3 is 4.74 Å². The molecule has 2 aromatic heterocycles. The third-order valence-electron chi connectivity index (χ3n) is 2.53. The summed E-state index contributed by atoms with van der Waals surface area (Å²) in [6.45, 7) is 0.823. The Morgan fingerprint density at radius 2 is 2.32 bits per heavy atom. The van der Waals surface area contributed by atoms with Crippen LogP contribution in [0.2, 0.25) is 0 Å². The van der Waals surface area contributed by atoms with Crippen molar-refractivity contribution in [2.45, 2.75) is 6.54 Å². The summed E-state index contributed by atoms with van der Waals surface area (Å²) >= 11 is 3.25. The van der Waals surface area contributed by atoms with Crippen LogP contribution in [0.1, 0.15) is 16.1 Å². The first-order valence-electron chi connectivity index (χ1n) is 5.49. The second kappa shape index (κ2) is 6.03. The number of carbonyl (C=O) groups is 1. The second-order valence-electron chi connectivity index (χ2n) is 3.74. The molecule has 0 radical (unpaired) electrons. The number of rotatable bonds is 5. The normalized spacial score (nSPS) is 10.7. The van der Waals surface area contributed by atoms with E-state index in [1.54, 1.807) is 7.11 Å². The number of halogens is 2. The summed E-state index contributed by atoms with van der Waals surface area (Å²) in [5.74, 6) is -1.10. The Hall–Kier alpha value is -1.60. The van der Waals surface area contributed by atoms with Crippen LogP contribution in [0.3, 0.4) is 0 Å². The highest BCUT2D eigenvalue weighted by Gasteiger charge is 2.21. The van der Waals surface area contributed by atoms with E-state index in [9.17, 15) is 9.18 Å². The van der Waals surface area contributed by atoms with Gasteiger partial charge in [-0.1, -0.05) is 0 Å². The van der Waals surface area contributed by atoms with Gasteiger partial charge in [-0.05, 0) is 22.0 Å². The van der Waals surface area contributed by atoms with Crippen LogP contribution in [0, 0.1) is 5.82 Å². The molecule has 0 aromatic carbocycles. The maximum atomic E-state index is 13.6. The quantitative estimate of drug-likeness (QED) is 0.789. The SMILES string of the molecule is COCCn1ncc(Br)c1C(=O)c1ccncc1F. The maximum absolute atomic E-state index is 13.6. The zero-order chi connectivity index (χ0) is 13.8. The lowest BCUT2D eigenvalue weighted by Gasteiger charge is -2.07. The summed E-state index contributed by atoms with van der Waals surface area (Å²) in [6, 6.07) is 1.35. The standard InChI is InChI=1S/C12H11BrFN3O2/c1-19-5-4-17-11(9(13)6-16-17)12(18)8-2-3-15-7-10(8)14/h2-3,6-7H,4-5H2,1H3. The second-order valence-corrected chi connectivity index (χ2v) is 4.60. The van der Waals surface area contributed by atoms with Gasteiger partial charge in [-0.2, -0.15) is 5.10 Å². The molecule has 0 fully saturated rings. The topological polar surface area (TPSA) is 57.0 Å². The van der Waals surface area contributed by atoms with Gasteiger partial charge in [0, 0.05) is 13.3 Å². The number of hydrogen-bond donors (Lipinski definition) is 0. The van der Waals surface area contributed by atoms with E-state index in [4.69, 9.17) is 4.74 Å². The number of methoxy groups -OCH3 is 1. The molecular weight excluding hydrogens is 317 g/mol. The lowest BCUT2D eigenvalue weighted by Crippen LogP contribution is -2.15. The van der Waals surface area contributed by atoms with Crippen LogP contribution in [0.4, 0.5) is 4.39 Å². The van der Waals surface area contributed by atoms with Crippen LogP contribution >= 0.6 is 15.9 Å². The van der Waals surface area contributed by atoms with E-state index in [1.807, 2.05) is 0 Å². The average molecular weight is 328 g/mol. The lowest BCUT2D eigenvalue weighted by atomic mass is 10.1. The van der Waals surface area contributed by atoms with Crippen molar-refractivity contribution >= 4 is 21.7 Å². The largest absolute Gasteiger partial charge is 0.383 e. The van der Waals surface area contributed by atoms with Crippen LogP contribution in [-0.4, -0.2) is 34.3 Å². The van der Waals surface area contributed by atoms with E-state index in [1.165, 1.54) is 23.1 Å². The highest BCUT2D eigenvalue weighted by molar-refractivity contribution is 9.10. The zero-order valence-electron chi connectivity index (χ0n) is 10.1. The van der Waals surface area contributed by atoms with Gasteiger partial charge in [0.25, 0.3) is 0 Å². The summed E-state index contributed by atoms with van der Waals surface area (Å²) < 4.78 is 20.5. The molecule has 0 bridgehead atoms. The molecule has 19 heavy (non-hydrogen) atoms. The molecule has 2 rings (SSSR count). The minimum atomic E-state index is -0.654. The first-order valence-corrected chi connectivity index (χ1v) is 6.29. The molecule has 2 heterocycles. The fourth-order valence-corrected chi connectivity index (χ4v) is 2.10. The highest BCUT2D eigenvalue weighted by Crippen LogP contribution is 2.20. The van der Waals surface area contributed by atoms with E-state index in [0.717, 1.165) is 6.20 Å². The van der Waals surface area contributed by atoms with Crippen molar-refractivity contribution in [2.24, 2.45) is 0 Å². The molecule has 100 valence electrons. The number of carbonyl (C=O) groups excluding carboxylic acids is 1. The molecule has 0 aliphatic carbocycles. The van der Waals surface area contributed by atoms with Crippen LogP contribution in [0.15, 0.2) is 29.1 Å². The van der Waals surface area contributed by atoms with Crippen molar-refractivity contribution in [1.82, 2.24) is 14.8 Å². The smallest absolute Gasteiger partial charge is 0.215 e. The number of ketones is 1. The predicted octanol–water partition coefficient (Wildman–Crippen LogP) is 2.06. The van der Waals surface area contributed by atoms with Crippen LogP contribution < -0.4 is 0 Å². The van der Waals surface area contributed by atoms with Crippen molar-refractivity contribution in [3.05, 3.63) is 46.2 Å². The fraction of sp³-hybridized carbons (Fsp3) is 0.250. The lowest BCUT2D eigenvalue weighted by molar-refractivity contribution is 0.102. The Labute approximate surface area is 117 Å². The van der Waals surface area contributed by atoms with Crippen LogP contribution in [0.5, 0.6) is 0 Å². The van der Waals surface area contributed by atoms with Gasteiger partial charge in [0.2, 0.25) is 5.78 Å². The first-order chi connectivity index (χ1) is 9.15. The predicted molar refractivity (Wildman–Crippen MR) is 69.4 cm³/mol.